The topological polar surface area (TPSA) is 51.8 Å². The van der Waals surface area contributed by atoms with Gasteiger partial charge >= 0.3 is 0 Å². The smallest absolute Gasteiger partial charge is 0.216 e. The van der Waals surface area contributed by atoms with Crippen LogP contribution in [-0.2, 0) is 26.5 Å². The summed E-state index contributed by atoms with van der Waals surface area (Å²) in [7, 11) is 0. The monoisotopic (exact) mass is 748 g/mol. The maximum atomic E-state index is 8.74. The Balaban J connectivity index is 0.000000230. The van der Waals surface area contributed by atoms with E-state index in [2.05, 4.69) is 33.2 Å². The predicted molar refractivity (Wildman–Crippen MR) is 170 cm³/mol. The summed E-state index contributed by atoms with van der Waals surface area (Å²) < 4.78 is 24.5. The molecule has 0 amide bonds. The molecule has 0 aliphatic rings. The molecule has 7 rings (SSSR count). The number of benzene rings is 2. The second kappa shape index (κ2) is 12.3. The van der Waals surface area contributed by atoms with E-state index >= 15 is 0 Å². The van der Waals surface area contributed by atoms with E-state index in [9.17, 15) is 0 Å². The first-order valence-corrected chi connectivity index (χ1v) is 14.4. The minimum absolute atomic E-state index is 0. The van der Waals surface area contributed by atoms with Crippen molar-refractivity contribution in [1.29, 1.82) is 0 Å². The van der Waals surface area contributed by atoms with Gasteiger partial charge < -0.3 is 14.4 Å². The molecular weight excluding hydrogens is 715 g/mol. The molecule has 2 aromatic carbocycles. The van der Waals surface area contributed by atoms with Crippen molar-refractivity contribution in [3.05, 3.63) is 113 Å². The molecule has 7 aromatic rings. The number of rotatable bonds is 3. The van der Waals surface area contributed by atoms with Crippen molar-refractivity contribution >= 4 is 43.5 Å². The zero-order valence-electron chi connectivity index (χ0n) is 26.1. The minimum atomic E-state index is -1.47. The van der Waals surface area contributed by atoms with Crippen molar-refractivity contribution in [3.8, 4) is 22.5 Å². The zero-order chi connectivity index (χ0) is 30.4. The molecule has 42 heavy (non-hydrogen) atoms. The molecule has 0 bridgehead atoms. The molecule has 5 heterocycles. The number of furan rings is 1. The normalized spacial score (nSPS) is 12.4. The SMILES string of the molecule is Cc1ccc(-c2[c-]cccc2)nc1.[2H]C([2H])(c1csc2cnc(-c3[c-]ccc4c3oc3nc(C)ccc34)cc12)C(C)(C)C.[Ir]. The fourth-order valence-electron chi connectivity index (χ4n) is 4.66. The molecular formula is C36H31IrN3OS-2. The van der Waals surface area contributed by atoms with Crippen LogP contribution < -0.4 is 0 Å². The number of aryl methyl sites for hydroxylation is 2. The Morgan fingerprint density at radius 2 is 1.71 bits per heavy atom. The summed E-state index contributed by atoms with van der Waals surface area (Å²) in [6.45, 7) is 9.76. The molecule has 6 heteroatoms. The molecule has 1 radical (unpaired) electrons. The molecule has 0 fully saturated rings. The van der Waals surface area contributed by atoms with Crippen molar-refractivity contribution in [2.75, 3.05) is 0 Å². The van der Waals surface area contributed by atoms with Gasteiger partial charge in [-0.1, -0.05) is 49.9 Å². The Morgan fingerprint density at radius 3 is 2.45 bits per heavy atom. The van der Waals surface area contributed by atoms with Crippen LogP contribution in [0.25, 0.3) is 54.7 Å². The molecule has 0 unspecified atom stereocenters. The van der Waals surface area contributed by atoms with E-state index < -0.39 is 11.8 Å². The summed E-state index contributed by atoms with van der Waals surface area (Å²) in [4.78, 5) is 13.5. The summed E-state index contributed by atoms with van der Waals surface area (Å²) in [5, 5.41) is 4.75. The largest absolute Gasteiger partial charge is 0.486 e. The Kier molecular flexibility index (Phi) is 7.93. The fourth-order valence-corrected chi connectivity index (χ4v) is 5.50. The molecule has 213 valence electrons. The molecule has 4 nitrogen and oxygen atoms in total. The second-order valence-electron chi connectivity index (χ2n) is 11.1. The van der Waals surface area contributed by atoms with Crippen LogP contribution in [0.2, 0.25) is 0 Å². The number of hydrogen-bond donors (Lipinski definition) is 0. The van der Waals surface area contributed by atoms with Crippen LogP contribution in [0, 0.1) is 31.4 Å². The first-order valence-electron chi connectivity index (χ1n) is 14.5. The van der Waals surface area contributed by atoms with E-state index in [1.807, 2.05) is 113 Å². The molecule has 0 aliphatic carbocycles. The summed E-state index contributed by atoms with van der Waals surface area (Å²) >= 11 is 1.52. The van der Waals surface area contributed by atoms with Crippen molar-refractivity contribution < 1.29 is 27.3 Å². The van der Waals surface area contributed by atoms with Crippen LogP contribution >= 0.6 is 11.3 Å². The van der Waals surface area contributed by atoms with Gasteiger partial charge in [-0.25, -0.2) is 4.98 Å². The number of thiophene rings is 1. The molecule has 0 spiro atoms. The first kappa shape index (κ1) is 27.2. The molecule has 0 N–H and O–H groups in total. The van der Waals surface area contributed by atoms with E-state index in [0.717, 1.165) is 43.4 Å². The first-order chi connectivity index (χ1) is 20.5. The Bertz CT molecular complexity index is 2060. The third-order valence-corrected chi connectivity index (χ3v) is 7.49. The van der Waals surface area contributed by atoms with Crippen molar-refractivity contribution in [2.45, 2.75) is 41.0 Å². The van der Waals surface area contributed by atoms with E-state index in [-0.39, 0.29) is 20.1 Å². The van der Waals surface area contributed by atoms with Gasteiger partial charge in [0.1, 0.15) is 0 Å². The summed E-state index contributed by atoms with van der Waals surface area (Å²) in [6.07, 6.45) is 2.21. The molecule has 0 aliphatic heterocycles. The van der Waals surface area contributed by atoms with Crippen molar-refractivity contribution in [2.24, 2.45) is 5.41 Å². The standard InChI is InChI=1S/C24H21N2OS.C12H10N.Ir/c1-14-8-9-17-16-6-5-7-18(22(16)27-23(17)26-14)20-10-19-15(11-24(2,3)4)13-28-21(19)12-25-20;1-10-7-8-12(13-9-10)11-5-3-2-4-6-11;/h5-6,8-10,12-13H,11H2,1-4H3;2-5,7-9H,1H3;/q2*-1;/i11D2;;. The van der Waals surface area contributed by atoms with Crippen LogP contribution in [0.1, 0.15) is 40.3 Å². The molecule has 0 saturated heterocycles. The van der Waals surface area contributed by atoms with Crippen molar-refractivity contribution in [3.63, 3.8) is 0 Å². The average Bonchev–Trinajstić information content (AvgIpc) is 3.59. The van der Waals surface area contributed by atoms with Crippen molar-refractivity contribution in [1.82, 2.24) is 15.0 Å². The van der Waals surface area contributed by atoms with Crippen LogP contribution in [0.5, 0.6) is 0 Å². The Hall–Kier alpha value is -3.70. The number of hydrogen-bond acceptors (Lipinski definition) is 5. The summed E-state index contributed by atoms with van der Waals surface area (Å²) in [5.41, 5.74) is 7.06. The minimum Gasteiger partial charge on any atom is -0.486 e. The summed E-state index contributed by atoms with van der Waals surface area (Å²) in [6, 6.07) is 28.2. The number of fused-ring (bicyclic) bond motifs is 4. The van der Waals surface area contributed by atoms with Gasteiger partial charge in [0, 0.05) is 46.3 Å². The maximum Gasteiger partial charge on any atom is 0.216 e. The van der Waals surface area contributed by atoms with E-state index in [1.54, 1.807) is 0 Å². The van der Waals surface area contributed by atoms with Crippen LogP contribution in [0.4, 0.5) is 0 Å². The third-order valence-electron chi connectivity index (χ3n) is 6.56. The second-order valence-corrected chi connectivity index (χ2v) is 12.0. The fraction of sp³-hybridized carbons (Fsp3) is 0.194. The maximum absolute atomic E-state index is 8.74. The van der Waals surface area contributed by atoms with Gasteiger partial charge in [-0.2, -0.15) is 0 Å². The molecule has 0 saturated carbocycles. The van der Waals surface area contributed by atoms with Gasteiger partial charge in [-0.3, -0.25) is 0 Å². The van der Waals surface area contributed by atoms with Crippen LogP contribution in [0.15, 0.2) is 88.9 Å². The average molecular weight is 748 g/mol. The van der Waals surface area contributed by atoms with Gasteiger partial charge in [-0.05, 0) is 71.0 Å². The Morgan fingerprint density at radius 1 is 0.881 bits per heavy atom. The van der Waals surface area contributed by atoms with Gasteiger partial charge in [0.05, 0.1) is 10.3 Å². The van der Waals surface area contributed by atoms with Crippen LogP contribution in [0.3, 0.4) is 0 Å². The summed E-state index contributed by atoms with van der Waals surface area (Å²) in [5.74, 6) is 0. The molecule has 5 aromatic heterocycles. The van der Waals surface area contributed by atoms with E-state index in [1.165, 1.54) is 16.9 Å². The van der Waals surface area contributed by atoms with Gasteiger partial charge in [0.15, 0.2) is 0 Å². The van der Waals surface area contributed by atoms with Gasteiger partial charge in [0.25, 0.3) is 0 Å². The van der Waals surface area contributed by atoms with E-state index in [0.29, 0.717) is 22.6 Å². The Labute approximate surface area is 267 Å². The third kappa shape index (κ3) is 6.36. The number of nitrogens with zero attached hydrogens (tertiary/aromatic N) is 3. The number of pyridine rings is 3. The van der Waals surface area contributed by atoms with Gasteiger partial charge in [0.2, 0.25) is 5.71 Å². The predicted octanol–water partition coefficient (Wildman–Crippen LogP) is 9.81. The zero-order valence-corrected chi connectivity index (χ0v) is 27.3. The van der Waals surface area contributed by atoms with Crippen LogP contribution in [-0.4, -0.2) is 15.0 Å². The quantitative estimate of drug-likeness (QED) is 0.169. The number of aromatic nitrogens is 3. The molecule has 0 atom stereocenters. The van der Waals surface area contributed by atoms with E-state index in [4.69, 9.17) is 7.16 Å². The van der Waals surface area contributed by atoms with Gasteiger partial charge in [-0.15, -0.1) is 65.4 Å².